The van der Waals surface area contributed by atoms with Crippen LogP contribution in [0.5, 0.6) is 5.75 Å². The van der Waals surface area contributed by atoms with Gasteiger partial charge in [0.2, 0.25) is 0 Å². The molecule has 0 spiro atoms. The number of hydrogen-bond donors (Lipinski definition) is 0. The Morgan fingerprint density at radius 2 is 1.37 bits per heavy atom. The molecule has 0 bridgehead atoms. The van der Waals surface area contributed by atoms with Crippen molar-refractivity contribution in [2.24, 2.45) is 0 Å². The highest BCUT2D eigenvalue weighted by atomic mass is 32.2. The average molecular weight is 308 g/mol. The van der Waals surface area contributed by atoms with Gasteiger partial charge in [-0.05, 0) is 36.0 Å². The molecule has 0 amide bonds. The molecule has 0 aliphatic rings. The summed E-state index contributed by atoms with van der Waals surface area (Å²) < 4.78 is 91.7. The smallest absolute Gasteiger partial charge is 0.460 e. The van der Waals surface area contributed by atoms with Gasteiger partial charge < -0.3 is 4.74 Å². The molecule has 9 heteroatoms. The second kappa shape index (κ2) is 5.10. The first-order valence-corrected chi connectivity index (χ1v) is 5.48. The van der Waals surface area contributed by atoms with Crippen LogP contribution >= 0.6 is 11.8 Å². The molecular formula is C10H7F7OS. The van der Waals surface area contributed by atoms with Crippen LogP contribution in [0, 0.1) is 0 Å². The second-order valence-corrected chi connectivity index (χ2v) is 4.55. The number of benzene rings is 1. The standard InChI is InChI=1S/C10H7F7OS/c1-18-6-2-4-7(5-3-6)19-10(16,17)8(11,12)9(13,14)15/h2-5H,1H3. The van der Waals surface area contributed by atoms with Crippen molar-refractivity contribution in [2.45, 2.75) is 22.2 Å². The molecular weight excluding hydrogens is 301 g/mol. The minimum absolute atomic E-state index is 0.259. The molecule has 1 aromatic rings. The van der Waals surface area contributed by atoms with Crippen molar-refractivity contribution in [3.8, 4) is 5.75 Å². The lowest BCUT2D eigenvalue weighted by Crippen LogP contribution is -2.49. The first kappa shape index (κ1) is 15.9. The number of methoxy groups -OCH3 is 1. The van der Waals surface area contributed by atoms with Gasteiger partial charge in [0.1, 0.15) is 5.75 Å². The number of halogens is 7. The lowest BCUT2D eigenvalue weighted by Gasteiger charge is -2.27. The molecule has 1 aromatic carbocycles. The molecule has 0 saturated carbocycles. The molecule has 1 nitrogen and oxygen atoms in total. The third-order valence-electron chi connectivity index (χ3n) is 2.03. The fourth-order valence-electron chi connectivity index (χ4n) is 1.02. The highest BCUT2D eigenvalue weighted by molar-refractivity contribution is 8.00. The Balaban J connectivity index is 2.95. The molecule has 0 aromatic heterocycles. The van der Waals surface area contributed by atoms with Crippen molar-refractivity contribution in [1.29, 1.82) is 0 Å². The Bertz CT molecular complexity index is 426. The van der Waals surface area contributed by atoms with E-state index in [1.165, 1.54) is 19.2 Å². The molecule has 0 fully saturated rings. The topological polar surface area (TPSA) is 9.23 Å². The van der Waals surface area contributed by atoms with Gasteiger partial charge in [-0.3, -0.25) is 0 Å². The first-order chi connectivity index (χ1) is 8.51. The summed E-state index contributed by atoms with van der Waals surface area (Å²) in [6.07, 6.45) is -6.32. The largest absolute Gasteiger partial charge is 0.497 e. The van der Waals surface area contributed by atoms with E-state index in [9.17, 15) is 30.7 Å². The van der Waals surface area contributed by atoms with Gasteiger partial charge in [0.25, 0.3) is 0 Å². The molecule has 0 aliphatic heterocycles. The Morgan fingerprint density at radius 1 is 0.895 bits per heavy atom. The molecule has 0 radical (unpaired) electrons. The number of thioether (sulfide) groups is 1. The van der Waals surface area contributed by atoms with Crippen molar-refractivity contribution in [3.63, 3.8) is 0 Å². The van der Waals surface area contributed by atoms with Crippen LogP contribution in [-0.2, 0) is 0 Å². The Kier molecular flexibility index (Phi) is 4.28. The summed E-state index contributed by atoms with van der Waals surface area (Å²) in [6, 6.07) is 4.27. The third-order valence-corrected chi connectivity index (χ3v) is 3.05. The summed E-state index contributed by atoms with van der Waals surface area (Å²) in [5.74, 6) is -5.86. The maximum atomic E-state index is 13.0. The summed E-state index contributed by atoms with van der Waals surface area (Å²) >= 11 is -0.860. The molecule has 0 saturated heterocycles. The first-order valence-electron chi connectivity index (χ1n) is 4.66. The van der Waals surface area contributed by atoms with Crippen molar-refractivity contribution >= 4 is 11.8 Å². The number of rotatable bonds is 4. The fraction of sp³-hybridized carbons (Fsp3) is 0.400. The van der Waals surface area contributed by atoms with Crippen LogP contribution in [0.1, 0.15) is 0 Å². The van der Waals surface area contributed by atoms with Gasteiger partial charge in [-0.15, -0.1) is 0 Å². The predicted octanol–water partition coefficient (Wildman–Crippen LogP) is 4.58. The van der Waals surface area contributed by atoms with E-state index in [0.29, 0.717) is 0 Å². The predicted molar refractivity (Wildman–Crippen MR) is 54.8 cm³/mol. The summed E-state index contributed by atoms with van der Waals surface area (Å²) in [7, 11) is 1.29. The highest BCUT2D eigenvalue weighted by Crippen LogP contribution is 2.53. The van der Waals surface area contributed by atoms with Crippen molar-refractivity contribution in [3.05, 3.63) is 24.3 Å². The minimum atomic E-state index is -6.32. The molecule has 0 unspecified atom stereocenters. The maximum absolute atomic E-state index is 13.0. The zero-order chi connectivity index (χ0) is 14.9. The molecule has 108 valence electrons. The van der Waals surface area contributed by atoms with Gasteiger partial charge in [0.05, 0.1) is 7.11 Å². The van der Waals surface area contributed by atoms with E-state index in [0.717, 1.165) is 12.1 Å². The Labute approximate surface area is 107 Å². The molecule has 0 heterocycles. The summed E-state index contributed by atoms with van der Waals surface area (Å²) in [4.78, 5) is -0.435. The van der Waals surface area contributed by atoms with E-state index in [1.807, 2.05) is 0 Å². The normalized spacial score (nSPS) is 13.5. The van der Waals surface area contributed by atoms with Crippen LogP contribution < -0.4 is 4.74 Å². The third kappa shape index (κ3) is 3.26. The lowest BCUT2D eigenvalue weighted by atomic mass is 10.3. The highest BCUT2D eigenvalue weighted by Gasteiger charge is 2.73. The molecule has 1 rings (SSSR count). The van der Waals surface area contributed by atoms with E-state index in [1.54, 1.807) is 0 Å². The van der Waals surface area contributed by atoms with Crippen LogP contribution in [0.25, 0.3) is 0 Å². The van der Waals surface area contributed by atoms with E-state index >= 15 is 0 Å². The molecule has 0 N–H and O–H groups in total. The zero-order valence-corrected chi connectivity index (χ0v) is 10.1. The average Bonchev–Trinajstić information content (AvgIpc) is 2.28. The van der Waals surface area contributed by atoms with Crippen LogP contribution in [-0.4, -0.2) is 24.5 Å². The number of ether oxygens (including phenoxy) is 1. The second-order valence-electron chi connectivity index (χ2n) is 3.37. The monoisotopic (exact) mass is 308 g/mol. The van der Waals surface area contributed by atoms with Gasteiger partial charge in [-0.25, -0.2) is 0 Å². The van der Waals surface area contributed by atoms with Gasteiger partial charge in [-0.1, -0.05) is 0 Å². The molecule has 0 atom stereocenters. The van der Waals surface area contributed by atoms with Crippen molar-refractivity contribution < 1.29 is 35.5 Å². The van der Waals surface area contributed by atoms with Crippen LogP contribution in [0.2, 0.25) is 0 Å². The minimum Gasteiger partial charge on any atom is -0.497 e. The van der Waals surface area contributed by atoms with E-state index < -0.39 is 34.0 Å². The zero-order valence-electron chi connectivity index (χ0n) is 9.27. The number of hydrogen-bond acceptors (Lipinski definition) is 2. The quantitative estimate of drug-likeness (QED) is 0.595. The van der Waals surface area contributed by atoms with E-state index in [-0.39, 0.29) is 5.75 Å². The van der Waals surface area contributed by atoms with Gasteiger partial charge >= 0.3 is 17.4 Å². The van der Waals surface area contributed by atoms with Crippen molar-refractivity contribution in [1.82, 2.24) is 0 Å². The van der Waals surface area contributed by atoms with E-state index in [4.69, 9.17) is 4.74 Å². The number of alkyl halides is 7. The molecule has 19 heavy (non-hydrogen) atoms. The fourth-order valence-corrected chi connectivity index (χ4v) is 1.83. The van der Waals surface area contributed by atoms with Gasteiger partial charge in [0.15, 0.2) is 0 Å². The maximum Gasteiger partial charge on any atom is 0.460 e. The lowest BCUT2D eigenvalue weighted by molar-refractivity contribution is -0.330. The summed E-state index contributed by atoms with van der Waals surface area (Å²) in [6.45, 7) is 0. The summed E-state index contributed by atoms with van der Waals surface area (Å²) in [5.41, 5.74) is 0. The SMILES string of the molecule is COc1ccc(SC(F)(F)C(F)(F)C(F)(F)F)cc1. The van der Waals surface area contributed by atoms with Crippen LogP contribution in [0.15, 0.2) is 29.2 Å². The van der Waals surface area contributed by atoms with Gasteiger partial charge in [-0.2, -0.15) is 30.7 Å². The van der Waals surface area contributed by atoms with Crippen molar-refractivity contribution in [2.75, 3.05) is 7.11 Å². The summed E-state index contributed by atoms with van der Waals surface area (Å²) in [5, 5.41) is -5.31. The van der Waals surface area contributed by atoms with Gasteiger partial charge in [0, 0.05) is 4.90 Å². The Hall–Kier alpha value is -1.12. The van der Waals surface area contributed by atoms with Crippen LogP contribution in [0.3, 0.4) is 0 Å². The van der Waals surface area contributed by atoms with Crippen LogP contribution in [0.4, 0.5) is 30.7 Å². The Morgan fingerprint density at radius 3 is 1.74 bits per heavy atom. The van der Waals surface area contributed by atoms with E-state index in [2.05, 4.69) is 0 Å². The molecule has 0 aliphatic carbocycles.